The zero-order chi connectivity index (χ0) is 18.1. The van der Waals surface area contributed by atoms with Gasteiger partial charge >= 0.3 is 0 Å². The van der Waals surface area contributed by atoms with Crippen molar-refractivity contribution < 1.29 is 9.59 Å². The Bertz CT molecular complexity index is 796. The minimum Gasteiger partial charge on any atom is -0.348 e. The van der Waals surface area contributed by atoms with Gasteiger partial charge in [-0.05, 0) is 37.8 Å². The van der Waals surface area contributed by atoms with Crippen molar-refractivity contribution in [2.24, 2.45) is 5.92 Å². The minimum atomic E-state index is -0.163. The van der Waals surface area contributed by atoms with E-state index in [9.17, 15) is 9.59 Å². The van der Waals surface area contributed by atoms with E-state index in [1.807, 2.05) is 40.6 Å². The smallest absolute Gasteiger partial charge is 0.272 e. The number of hydrogen-bond donors (Lipinski definition) is 1. The molecule has 6 heteroatoms. The van der Waals surface area contributed by atoms with Crippen molar-refractivity contribution in [2.75, 3.05) is 6.54 Å². The highest BCUT2D eigenvalue weighted by Crippen LogP contribution is 2.32. The van der Waals surface area contributed by atoms with Crippen LogP contribution in [-0.2, 0) is 4.79 Å². The number of aromatic nitrogens is 2. The Balaban J connectivity index is 2.01. The molecule has 0 aromatic carbocycles. The van der Waals surface area contributed by atoms with Crippen molar-refractivity contribution in [3.05, 3.63) is 35.9 Å². The van der Waals surface area contributed by atoms with Gasteiger partial charge in [-0.15, -0.1) is 0 Å². The summed E-state index contributed by atoms with van der Waals surface area (Å²) < 4.78 is 1.95. The second-order valence-corrected chi connectivity index (χ2v) is 7.15. The summed E-state index contributed by atoms with van der Waals surface area (Å²) in [6.45, 7) is 8.48. The Kier molecular flexibility index (Phi) is 4.79. The molecule has 2 atom stereocenters. The fourth-order valence-corrected chi connectivity index (χ4v) is 3.32. The molecule has 1 saturated heterocycles. The van der Waals surface area contributed by atoms with Crippen LogP contribution in [0.2, 0.25) is 0 Å². The highest BCUT2D eigenvalue weighted by Gasteiger charge is 2.32. The summed E-state index contributed by atoms with van der Waals surface area (Å²) in [5.41, 5.74) is 1.21. The largest absolute Gasteiger partial charge is 0.348 e. The number of nitrogens with one attached hydrogen (secondary N) is 1. The van der Waals surface area contributed by atoms with Crippen LogP contribution in [0.15, 0.2) is 24.4 Å². The topological polar surface area (TPSA) is 66.7 Å². The first-order valence-electron chi connectivity index (χ1n) is 8.95. The summed E-state index contributed by atoms with van der Waals surface area (Å²) in [5.74, 6) is 1.00. The van der Waals surface area contributed by atoms with E-state index in [0.29, 0.717) is 11.6 Å². The molecule has 0 spiro atoms. The van der Waals surface area contributed by atoms with Gasteiger partial charge in [0.2, 0.25) is 5.91 Å². The van der Waals surface area contributed by atoms with Crippen LogP contribution in [0.1, 0.15) is 62.9 Å². The molecule has 0 radical (unpaired) electrons. The molecular weight excluding hydrogens is 316 g/mol. The van der Waals surface area contributed by atoms with E-state index in [1.165, 1.54) is 0 Å². The van der Waals surface area contributed by atoms with Crippen molar-refractivity contribution in [2.45, 2.75) is 52.6 Å². The molecule has 1 aliphatic heterocycles. The lowest BCUT2D eigenvalue weighted by molar-refractivity contribution is -0.129. The van der Waals surface area contributed by atoms with E-state index in [1.54, 1.807) is 6.92 Å². The van der Waals surface area contributed by atoms with Crippen molar-refractivity contribution in [1.29, 1.82) is 0 Å². The number of amides is 2. The highest BCUT2D eigenvalue weighted by atomic mass is 16.2. The van der Waals surface area contributed by atoms with Gasteiger partial charge in [0.25, 0.3) is 5.91 Å². The Hall–Kier alpha value is -2.37. The van der Waals surface area contributed by atoms with Crippen molar-refractivity contribution in [1.82, 2.24) is 19.6 Å². The summed E-state index contributed by atoms with van der Waals surface area (Å²) >= 11 is 0. The first kappa shape index (κ1) is 17.5. The zero-order valence-electron chi connectivity index (χ0n) is 15.3. The Morgan fingerprint density at radius 2 is 2.04 bits per heavy atom. The van der Waals surface area contributed by atoms with Crippen molar-refractivity contribution in [3.63, 3.8) is 0 Å². The third kappa shape index (κ3) is 3.25. The van der Waals surface area contributed by atoms with E-state index < -0.39 is 0 Å². The molecule has 3 heterocycles. The van der Waals surface area contributed by atoms with E-state index >= 15 is 0 Å². The molecule has 1 N–H and O–H groups in total. The predicted molar refractivity (Wildman–Crippen MR) is 96.3 cm³/mol. The van der Waals surface area contributed by atoms with Crippen LogP contribution in [0, 0.1) is 5.92 Å². The van der Waals surface area contributed by atoms with Crippen LogP contribution < -0.4 is 5.32 Å². The second-order valence-electron chi connectivity index (χ2n) is 7.15. The zero-order valence-corrected chi connectivity index (χ0v) is 15.3. The molecule has 134 valence electrons. The lowest BCUT2D eigenvalue weighted by Gasteiger charge is -2.22. The lowest BCUT2D eigenvalue weighted by Crippen LogP contribution is -2.36. The molecule has 2 amide bonds. The third-order valence-corrected chi connectivity index (χ3v) is 5.10. The first-order chi connectivity index (χ1) is 11.9. The number of rotatable bonds is 4. The van der Waals surface area contributed by atoms with Gasteiger partial charge in [-0.3, -0.25) is 9.59 Å². The molecule has 0 bridgehead atoms. The molecule has 25 heavy (non-hydrogen) atoms. The monoisotopic (exact) mass is 342 g/mol. The van der Waals surface area contributed by atoms with Crippen LogP contribution in [0.25, 0.3) is 5.52 Å². The van der Waals surface area contributed by atoms with Gasteiger partial charge in [0.05, 0.1) is 11.6 Å². The van der Waals surface area contributed by atoms with Gasteiger partial charge in [0.15, 0.2) is 5.69 Å². The maximum absolute atomic E-state index is 12.7. The summed E-state index contributed by atoms with van der Waals surface area (Å²) in [6.07, 6.45) is 3.74. The Morgan fingerprint density at radius 3 is 2.72 bits per heavy atom. The Morgan fingerprint density at radius 1 is 1.28 bits per heavy atom. The second kappa shape index (κ2) is 6.86. The van der Waals surface area contributed by atoms with Gasteiger partial charge in [-0.1, -0.05) is 19.9 Å². The number of carbonyl (C=O) groups excluding carboxylic acids is 2. The van der Waals surface area contributed by atoms with Crippen molar-refractivity contribution >= 4 is 17.3 Å². The summed E-state index contributed by atoms with van der Waals surface area (Å²) in [5, 5.41) is 3.03. The number of fused-ring (bicyclic) bond motifs is 1. The molecule has 1 fully saturated rings. The fourth-order valence-electron chi connectivity index (χ4n) is 3.32. The molecule has 3 rings (SSSR count). The summed E-state index contributed by atoms with van der Waals surface area (Å²) in [4.78, 5) is 31.2. The van der Waals surface area contributed by atoms with Gasteiger partial charge < -0.3 is 14.6 Å². The van der Waals surface area contributed by atoms with E-state index in [4.69, 9.17) is 0 Å². The van der Waals surface area contributed by atoms with Crippen LogP contribution in [0.4, 0.5) is 0 Å². The number of imidazole rings is 1. The highest BCUT2D eigenvalue weighted by molar-refractivity contribution is 5.99. The number of likely N-dealkylation sites (tertiary alicyclic amines) is 1. The Labute approximate surface area is 148 Å². The third-order valence-electron chi connectivity index (χ3n) is 5.10. The average molecular weight is 342 g/mol. The van der Waals surface area contributed by atoms with Gasteiger partial charge in [-0.2, -0.15) is 0 Å². The molecular formula is C19H26N4O2. The van der Waals surface area contributed by atoms with E-state index in [-0.39, 0.29) is 23.9 Å². The SMILES string of the molecule is CC(=O)N1CCC[C@@H]1c1nc(C(=O)N[C@@H](C)C(C)C)c2ccccn12. The number of nitrogens with zero attached hydrogens (tertiary/aromatic N) is 3. The fraction of sp³-hybridized carbons (Fsp3) is 0.526. The molecule has 6 nitrogen and oxygen atoms in total. The number of hydrogen-bond acceptors (Lipinski definition) is 3. The number of pyridine rings is 1. The average Bonchev–Trinajstić information content (AvgIpc) is 3.19. The van der Waals surface area contributed by atoms with Crippen LogP contribution >= 0.6 is 0 Å². The molecule has 2 aromatic heterocycles. The molecule has 0 saturated carbocycles. The maximum atomic E-state index is 12.7. The van der Waals surface area contributed by atoms with Gasteiger partial charge in [0.1, 0.15) is 5.82 Å². The van der Waals surface area contributed by atoms with Crippen LogP contribution in [0.5, 0.6) is 0 Å². The lowest BCUT2D eigenvalue weighted by atomic mass is 10.1. The van der Waals surface area contributed by atoms with Crippen molar-refractivity contribution in [3.8, 4) is 0 Å². The van der Waals surface area contributed by atoms with E-state index in [0.717, 1.165) is 30.7 Å². The molecule has 0 aliphatic carbocycles. The number of carbonyl (C=O) groups is 2. The van der Waals surface area contributed by atoms with Gasteiger partial charge in [-0.25, -0.2) is 4.98 Å². The van der Waals surface area contributed by atoms with Crippen LogP contribution in [-0.4, -0.2) is 38.7 Å². The van der Waals surface area contributed by atoms with E-state index in [2.05, 4.69) is 24.1 Å². The maximum Gasteiger partial charge on any atom is 0.272 e. The molecule has 0 unspecified atom stereocenters. The summed E-state index contributed by atoms with van der Waals surface area (Å²) in [6, 6.07) is 5.72. The minimum absolute atomic E-state index is 0.0506. The van der Waals surface area contributed by atoms with Crippen LogP contribution in [0.3, 0.4) is 0 Å². The normalized spacial score (nSPS) is 18.8. The first-order valence-corrected chi connectivity index (χ1v) is 8.95. The quantitative estimate of drug-likeness (QED) is 0.929. The standard InChI is InChI=1S/C19H26N4O2/c1-12(2)13(3)20-19(25)17-15-8-5-6-10-23(15)18(21-17)16-9-7-11-22(16)14(4)24/h5-6,8,10,12-13,16H,7,9,11H2,1-4H3,(H,20,25)/t13-,16+/m0/s1. The molecule has 1 aliphatic rings. The predicted octanol–water partition coefficient (Wildman–Crippen LogP) is 2.79. The van der Waals surface area contributed by atoms with Gasteiger partial charge in [0, 0.05) is 25.7 Å². The summed E-state index contributed by atoms with van der Waals surface area (Å²) in [7, 11) is 0. The molecule has 2 aromatic rings.